The van der Waals surface area contributed by atoms with Crippen LogP contribution in [0, 0.1) is 0 Å². The molecule has 2 aliphatic rings. The van der Waals surface area contributed by atoms with Crippen LogP contribution >= 0.6 is 11.8 Å². The van der Waals surface area contributed by atoms with Crippen molar-refractivity contribution in [2.45, 2.75) is 44.1 Å². The Morgan fingerprint density at radius 2 is 2.06 bits per heavy atom. The summed E-state index contributed by atoms with van der Waals surface area (Å²) in [5, 5.41) is 4.59. The third kappa shape index (κ3) is 4.16. The Morgan fingerprint density at radius 3 is 2.72 bits per heavy atom. The fourth-order valence-corrected chi connectivity index (χ4v) is 4.49. The van der Waals surface area contributed by atoms with Crippen LogP contribution in [0.15, 0.2) is 4.99 Å². The number of nitrogens with one attached hydrogen (secondary N) is 1. The van der Waals surface area contributed by atoms with Crippen molar-refractivity contribution in [3.63, 3.8) is 0 Å². The van der Waals surface area contributed by atoms with Crippen molar-refractivity contribution >= 4 is 26.8 Å². The first-order valence-corrected chi connectivity index (χ1v) is 9.67. The number of rotatable bonds is 4. The molecule has 4 nitrogen and oxygen atoms in total. The lowest BCUT2D eigenvalue weighted by Crippen LogP contribution is -2.45. The van der Waals surface area contributed by atoms with E-state index in [4.69, 9.17) is 0 Å². The van der Waals surface area contributed by atoms with Crippen LogP contribution in [0.25, 0.3) is 0 Å². The molecule has 0 bridgehead atoms. The highest BCUT2D eigenvalue weighted by Gasteiger charge is 2.37. The Morgan fingerprint density at radius 1 is 1.33 bits per heavy atom. The van der Waals surface area contributed by atoms with Crippen LogP contribution in [0.5, 0.6) is 0 Å². The molecular formula is C12H22N2O2S2. The molecule has 0 aromatic heterocycles. The second-order valence-electron chi connectivity index (χ2n) is 5.42. The summed E-state index contributed by atoms with van der Waals surface area (Å²) >= 11 is 1.80. The SMILES string of the molecule is CS(=O)(=O)CCCN=C1NC2(CCCCC2)CS1. The van der Waals surface area contributed by atoms with Gasteiger partial charge in [0, 0.05) is 24.1 Å². The third-order valence-electron chi connectivity index (χ3n) is 3.60. The Kier molecular flexibility index (Phi) is 4.59. The first-order chi connectivity index (χ1) is 8.49. The first-order valence-electron chi connectivity index (χ1n) is 6.62. The molecule has 1 saturated carbocycles. The summed E-state index contributed by atoms with van der Waals surface area (Å²) in [6.07, 6.45) is 8.39. The molecule has 2 rings (SSSR count). The molecule has 1 aliphatic carbocycles. The number of sulfone groups is 1. The zero-order valence-corrected chi connectivity index (χ0v) is 12.6. The molecule has 18 heavy (non-hydrogen) atoms. The van der Waals surface area contributed by atoms with E-state index in [-0.39, 0.29) is 5.75 Å². The summed E-state index contributed by atoms with van der Waals surface area (Å²) in [7, 11) is -2.84. The third-order valence-corrected chi connectivity index (χ3v) is 5.83. The molecular weight excluding hydrogens is 268 g/mol. The summed E-state index contributed by atoms with van der Waals surface area (Å²) in [4.78, 5) is 4.48. The zero-order valence-electron chi connectivity index (χ0n) is 10.9. The van der Waals surface area contributed by atoms with Gasteiger partial charge in [-0.25, -0.2) is 8.42 Å². The molecule has 0 atom stereocenters. The van der Waals surface area contributed by atoms with E-state index in [1.165, 1.54) is 38.4 Å². The summed E-state index contributed by atoms with van der Waals surface area (Å²) in [5.41, 5.74) is 0.290. The predicted molar refractivity (Wildman–Crippen MR) is 78.0 cm³/mol. The average molecular weight is 290 g/mol. The van der Waals surface area contributed by atoms with Crippen LogP contribution in [0.3, 0.4) is 0 Å². The van der Waals surface area contributed by atoms with Crippen molar-refractivity contribution in [3.8, 4) is 0 Å². The Balaban J connectivity index is 1.77. The molecule has 6 heteroatoms. The average Bonchev–Trinajstić information content (AvgIpc) is 2.68. The standard InChI is InChI=1S/C12H22N2O2S2/c1-18(15,16)9-5-8-13-11-14-12(10-17-11)6-3-2-4-7-12/h2-10H2,1H3,(H,13,14). The van der Waals surface area contributed by atoms with E-state index >= 15 is 0 Å². The van der Waals surface area contributed by atoms with Gasteiger partial charge >= 0.3 is 0 Å². The van der Waals surface area contributed by atoms with E-state index in [2.05, 4.69) is 10.3 Å². The van der Waals surface area contributed by atoms with E-state index in [0.717, 1.165) is 10.9 Å². The predicted octanol–water partition coefficient (Wildman–Crippen LogP) is 1.82. The number of nitrogens with zero attached hydrogens (tertiary/aromatic N) is 1. The fraction of sp³-hybridized carbons (Fsp3) is 0.917. The minimum atomic E-state index is -2.84. The van der Waals surface area contributed by atoms with Gasteiger partial charge in [-0.2, -0.15) is 0 Å². The molecule has 1 saturated heterocycles. The van der Waals surface area contributed by atoms with E-state index < -0.39 is 9.84 Å². The lowest BCUT2D eigenvalue weighted by molar-refractivity contribution is 0.303. The van der Waals surface area contributed by atoms with Gasteiger partial charge < -0.3 is 5.32 Å². The number of aliphatic imine (C=N–C) groups is 1. The highest BCUT2D eigenvalue weighted by molar-refractivity contribution is 8.14. The Labute approximate surface area is 114 Å². The van der Waals surface area contributed by atoms with Gasteiger partial charge in [0.15, 0.2) is 5.17 Å². The molecule has 0 radical (unpaired) electrons. The highest BCUT2D eigenvalue weighted by Crippen LogP contribution is 2.36. The van der Waals surface area contributed by atoms with Gasteiger partial charge in [0.1, 0.15) is 9.84 Å². The smallest absolute Gasteiger partial charge is 0.157 e. The van der Waals surface area contributed by atoms with E-state index in [1.54, 1.807) is 11.8 Å². The van der Waals surface area contributed by atoms with Gasteiger partial charge in [0.25, 0.3) is 0 Å². The van der Waals surface area contributed by atoms with Crippen LogP contribution in [0.2, 0.25) is 0 Å². The van der Waals surface area contributed by atoms with Gasteiger partial charge in [0.2, 0.25) is 0 Å². The fourth-order valence-electron chi connectivity index (χ4n) is 2.60. The second-order valence-corrected chi connectivity index (χ2v) is 8.65. The molecule has 104 valence electrons. The lowest BCUT2D eigenvalue weighted by Gasteiger charge is -2.32. The second kappa shape index (κ2) is 5.82. The van der Waals surface area contributed by atoms with Crippen LogP contribution in [-0.4, -0.2) is 43.4 Å². The van der Waals surface area contributed by atoms with Crippen LogP contribution < -0.4 is 5.32 Å². The van der Waals surface area contributed by atoms with E-state index in [9.17, 15) is 8.42 Å². The van der Waals surface area contributed by atoms with Gasteiger partial charge in [0.05, 0.1) is 5.75 Å². The summed E-state index contributed by atoms with van der Waals surface area (Å²) in [6, 6.07) is 0. The van der Waals surface area contributed by atoms with Crippen LogP contribution in [-0.2, 0) is 9.84 Å². The molecule has 2 fully saturated rings. The molecule has 1 aliphatic heterocycles. The topological polar surface area (TPSA) is 58.5 Å². The quantitative estimate of drug-likeness (QED) is 0.802. The minimum Gasteiger partial charge on any atom is -0.359 e. The normalized spacial score (nSPS) is 25.5. The molecule has 1 heterocycles. The van der Waals surface area contributed by atoms with E-state index in [0.29, 0.717) is 18.5 Å². The maximum Gasteiger partial charge on any atom is 0.157 e. The van der Waals surface area contributed by atoms with Crippen molar-refractivity contribution in [1.29, 1.82) is 0 Å². The first kappa shape index (κ1) is 14.2. The Hall–Kier alpha value is -0.230. The van der Waals surface area contributed by atoms with Gasteiger partial charge in [-0.05, 0) is 19.3 Å². The van der Waals surface area contributed by atoms with Gasteiger partial charge in [-0.15, -0.1) is 0 Å². The lowest BCUT2D eigenvalue weighted by atomic mass is 9.83. The van der Waals surface area contributed by atoms with Crippen LogP contribution in [0.1, 0.15) is 38.5 Å². The minimum absolute atomic E-state index is 0.236. The van der Waals surface area contributed by atoms with Crippen molar-refractivity contribution in [2.75, 3.05) is 24.3 Å². The summed E-state index contributed by atoms with van der Waals surface area (Å²) < 4.78 is 22.0. The van der Waals surface area contributed by atoms with Crippen molar-refractivity contribution in [3.05, 3.63) is 0 Å². The molecule has 0 amide bonds. The molecule has 1 spiro atoms. The number of thioether (sulfide) groups is 1. The maximum absolute atomic E-state index is 11.0. The van der Waals surface area contributed by atoms with E-state index in [1.807, 2.05) is 0 Å². The van der Waals surface area contributed by atoms with Crippen molar-refractivity contribution < 1.29 is 8.42 Å². The van der Waals surface area contributed by atoms with Crippen molar-refractivity contribution in [1.82, 2.24) is 5.32 Å². The van der Waals surface area contributed by atoms with Crippen LogP contribution in [0.4, 0.5) is 0 Å². The monoisotopic (exact) mass is 290 g/mol. The van der Waals surface area contributed by atoms with Crippen molar-refractivity contribution in [2.24, 2.45) is 4.99 Å². The summed E-state index contributed by atoms with van der Waals surface area (Å²) in [5.74, 6) is 1.36. The number of amidine groups is 1. The maximum atomic E-state index is 11.0. The molecule has 1 N–H and O–H groups in total. The highest BCUT2D eigenvalue weighted by atomic mass is 32.2. The molecule has 0 aromatic rings. The number of hydrogen-bond acceptors (Lipinski definition) is 4. The van der Waals surface area contributed by atoms with Gasteiger partial charge in [-0.1, -0.05) is 31.0 Å². The van der Waals surface area contributed by atoms with Gasteiger partial charge in [-0.3, -0.25) is 4.99 Å². The molecule has 0 aromatic carbocycles. The molecule has 0 unspecified atom stereocenters. The summed E-state index contributed by atoms with van der Waals surface area (Å²) in [6.45, 7) is 0.610. The Bertz CT molecular complexity index is 412. The zero-order chi connectivity index (χ0) is 13.1. The largest absolute Gasteiger partial charge is 0.359 e. The number of hydrogen-bond donors (Lipinski definition) is 1.